The van der Waals surface area contributed by atoms with Gasteiger partial charge in [0, 0.05) is 35.9 Å². The maximum atomic E-state index is 12.2. The van der Waals surface area contributed by atoms with Crippen LogP contribution in [0.4, 0.5) is 34.1 Å². The maximum absolute atomic E-state index is 12.2. The van der Waals surface area contributed by atoms with Crippen molar-refractivity contribution >= 4 is 55.0 Å². The molecule has 44 heavy (non-hydrogen) atoms. The van der Waals surface area contributed by atoms with Crippen LogP contribution in [0.1, 0.15) is 19.8 Å². The van der Waals surface area contributed by atoms with Crippen LogP contribution < -0.4 is 15.4 Å². The predicted octanol–water partition coefficient (Wildman–Crippen LogP) is 6.18. The van der Waals surface area contributed by atoms with Gasteiger partial charge in [-0.25, -0.2) is 0 Å². The van der Waals surface area contributed by atoms with Crippen LogP contribution in [-0.2, 0) is 10.1 Å². The molecule has 0 radical (unpaired) electrons. The molecule has 0 amide bonds. The third kappa shape index (κ3) is 8.05. The molecule has 6 N–H and O–H groups in total. The summed E-state index contributed by atoms with van der Waals surface area (Å²) in [6.07, 6.45) is 1.64. The molecular weight excluding hydrogens is 588 g/mol. The van der Waals surface area contributed by atoms with Crippen LogP contribution in [0.25, 0.3) is 10.8 Å². The summed E-state index contributed by atoms with van der Waals surface area (Å²) in [5.41, 5.74) is 7.81. The highest BCUT2D eigenvalue weighted by molar-refractivity contribution is 7.86. The van der Waals surface area contributed by atoms with Crippen LogP contribution >= 0.6 is 0 Å². The molecule has 0 saturated heterocycles. The molecule has 4 aromatic rings. The van der Waals surface area contributed by atoms with Crippen molar-refractivity contribution in [2.24, 2.45) is 20.5 Å². The molecule has 232 valence electrons. The van der Waals surface area contributed by atoms with Crippen molar-refractivity contribution in [1.82, 2.24) is 0 Å². The third-order valence-corrected chi connectivity index (χ3v) is 7.41. The molecule has 14 heteroatoms. The second-order valence-electron chi connectivity index (χ2n) is 9.73. The van der Waals surface area contributed by atoms with Gasteiger partial charge in [0.2, 0.25) is 0 Å². The summed E-state index contributed by atoms with van der Waals surface area (Å²) in [4.78, 5) is 1.23. The number of aliphatic hydroxyl groups is 2. The van der Waals surface area contributed by atoms with Gasteiger partial charge in [0.05, 0.1) is 31.2 Å². The predicted molar refractivity (Wildman–Crippen MR) is 168 cm³/mol. The highest BCUT2D eigenvalue weighted by Gasteiger charge is 2.22. The van der Waals surface area contributed by atoms with Crippen molar-refractivity contribution in [3.05, 3.63) is 66.7 Å². The van der Waals surface area contributed by atoms with Gasteiger partial charge in [0.1, 0.15) is 22.0 Å². The number of nitrogens with zero attached hydrogens (tertiary/aromatic N) is 5. The largest absolute Gasteiger partial charge is 0.505 e. The van der Waals surface area contributed by atoms with Crippen LogP contribution in [0.15, 0.2) is 92.1 Å². The van der Waals surface area contributed by atoms with Crippen molar-refractivity contribution in [2.75, 3.05) is 43.5 Å². The Morgan fingerprint density at radius 3 is 2.20 bits per heavy atom. The van der Waals surface area contributed by atoms with Crippen molar-refractivity contribution in [3.63, 3.8) is 0 Å². The summed E-state index contributed by atoms with van der Waals surface area (Å²) in [5, 5.41) is 46.7. The fourth-order valence-corrected chi connectivity index (χ4v) is 4.96. The lowest BCUT2D eigenvalue weighted by atomic mass is 10.1. The van der Waals surface area contributed by atoms with Crippen LogP contribution in [0, 0.1) is 0 Å². The van der Waals surface area contributed by atoms with Gasteiger partial charge in [-0.3, -0.25) is 4.55 Å². The molecule has 0 aromatic heterocycles. The van der Waals surface area contributed by atoms with Crippen molar-refractivity contribution in [1.29, 1.82) is 0 Å². The average Bonchev–Trinajstić information content (AvgIpc) is 3.00. The van der Waals surface area contributed by atoms with Crippen LogP contribution in [0.2, 0.25) is 0 Å². The minimum absolute atomic E-state index is 0.0417. The number of benzene rings is 4. The molecular formula is C30H34N6O7S. The van der Waals surface area contributed by atoms with Crippen molar-refractivity contribution < 1.29 is 33.0 Å². The number of rotatable bonds is 14. The number of unbranched alkanes of at least 4 members (excludes halogenated alkanes) is 1. The first-order chi connectivity index (χ1) is 21.1. The second-order valence-corrected chi connectivity index (χ2v) is 11.1. The lowest BCUT2D eigenvalue weighted by Crippen LogP contribution is -2.29. The molecule has 0 bridgehead atoms. The molecule has 0 atom stereocenters. The number of hydrogen-bond donors (Lipinski definition) is 5. The lowest BCUT2D eigenvalue weighted by molar-refractivity contribution is 0.281. The van der Waals surface area contributed by atoms with E-state index in [1.54, 1.807) is 30.3 Å². The van der Waals surface area contributed by atoms with Crippen LogP contribution in [0.3, 0.4) is 0 Å². The number of aliphatic hydroxyl groups excluding tert-OH is 2. The number of ether oxygens (including phenoxy) is 1. The minimum atomic E-state index is -4.77. The Bertz CT molecular complexity index is 1760. The van der Waals surface area contributed by atoms with E-state index >= 15 is 0 Å². The minimum Gasteiger partial charge on any atom is -0.505 e. The van der Waals surface area contributed by atoms with Gasteiger partial charge in [-0.15, -0.1) is 10.2 Å². The zero-order chi connectivity index (χ0) is 31.7. The van der Waals surface area contributed by atoms with Gasteiger partial charge in [-0.05, 0) is 66.4 Å². The molecule has 4 aromatic carbocycles. The Kier molecular flexibility index (Phi) is 10.8. The zero-order valence-corrected chi connectivity index (χ0v) is 24.9. The first-order valence-electron chi connectivity index (χ1n) is 13.8. The van der Waals surface area contributed by atoms with Crippen LogP contribution in [-0.4, -0.2) is 61.2 Å². The third-order valence-electron chi connectivity index (χ3n) is 6.55. The number of aromatic hydroxyl groups is 1. The van der Waals surface area contributed by atoms with E-state index in [1.165, 1.54) is 24.3 Å². The van der Waals surface area contributed by atoms with E-state index in [4.69, 9.17) is 10.5 Å². The smallest absolute Gasteiger partial charge is 0.296 e. The van der Waals surface area contributed by atoms with E-state index in [-0.39, 0.29) is 24.3 Å². The van der Waals surface area contributed by atoms with Gasteiger partial charge >= 0.3 is 0 Å². The Balaban J connectivity index is 1.66. The normalized spacial score (nSPS) is 12.0. The Morgan fingerprint density at radius 1 is 0.864 bits per heavy atom. The zero-order valence-electron chi connectivity index (χ0n) is 24.0. The van der Waals surface area contributed by atoms with E-state index in [9.17, 15) is 28.3 Å². The van der Waals surface area contributed by atoms with Gasteiger partial charge < -0.3 is 30.7 Å². The van der Waals surface area contributed by atoms with Gasteiger partial charge in [-0.1, -0.05) is 19.4 Å². The topological polar surface area (TPSA) is 203 Å². The Hall–Kier alpha value is -4.63. The number of phenols is 1. The van der Waals surface area contributed by atoms with Gasteiger partial charge in [-0.2, -0.15) is 18.6 Å². The highest BCUT2D eigenvalue weighted by atomic mass is 32.2. The summed E-state index contributed by atoms with van der Waals surface area (Å²) < 4.78 is 40.1. The van der Waals surface area contributed by atoms with Crippen LogP contribution in [0.5, 0.6) is 11.5 Å². The Labute approximate surface area is 254 Å². The van der Waals surface area contributed by atoms with E-state index in [0.29, 0.717) is 47.9 Å². The first kappa shape index (κ1) is 32.3. The van der Waals surface area contributed by atoms with Crippen molar-refractivity contribution in [2.45, 2.75) is 24.7 Å². The molecule has 0 unspecified atom stereocenters. The second kappa shape index (κ2) is 14.7. The standard InChI is InChI=1S/C30H34N6O7S/c1-2-3-16-43-27-19-23(33-32-22-6-9-24(10-7-22)36(12-14-37)13-15-38)8-11-26(27)34-35-29-28(44(40,41)42)17-20-4-5-21(31)18-25(20)30(29)39/h4-11,17-19,37-39H,2-3,12-16,31H2,1H3,(H,40,41,42). The number of azo groups is 2. The van der Waals surface area contributed by atoms with E-state index in [2.05, 4.69) is 20.5 Å². The molecule has 0 aliphatic carbocycles. The molecule has 0 spiro atoms. The Morgan fingerprint density at radius 2 is 1.55 bits per heavy atom. The number of fused-ring (bicyclic) bond motifs is 1. The first-order valence-corrected chi connectivity index (χ1v) is 15.3. The summed E-state index contributed by atoms with van der Waals surface area (Å²) in [7, 11) is -4.77. The summed E-state index contributed by atoms with van der Waals surface area (Å²) in [6.45, 7) is 3.07. The number of nitrogens with two attached hydrogens (primary N) is 1. The fraction of sp³-hybridized carbons (Fsp3) is 0.267. The molecule has 0 aliphatic rings. The number of nitrogen functional groups attached to an aromatic ring is 1. The van der Waals surface area contributed by atoms with E-state index in [1.807, 2.05) is 24.0 Å². The summed E-state index contributed by atoms with van der Waals surface area (Å²) in [6, 6.07) is 17.7. The average molecular weight is 623 g/mol. The van der Waals surface area contributed by atoms with Crippen molar-refractivity contribution in [3.8, 4) is 11.5 Å². The molecule has 0 aliphatic heterocycles. The quantitative estimate of drug-likeness (QED) is 0.0471. The number of hydrogen-bond acceptors (Lipinski definition) is 12. The number of anilines is 2. The van der Waals surface area contributed by atoms with Gasteiger partial charge in [0.25, 0.3) is 10.1 Å². The lowest BCUT2D eigenvalue weighted by Gasteiger charge is -2.22. The SMILES string of the molecule is CCCCOc1cc(N=Nc2ccc(N(CCO)CCO)cc2)ccc1N=Nc1c(S(=O)(=O)O)cc2ccc(N)cc2c1O. The fourth-order valence-electron chi connectivity index (χ4n) is 4.30. The maximum Gasteiger partial charge on any atom is 0.296 e. The highest BCUT2D eigenvalue weighted by Crippen LogP contribution is 2.43. The summed E-state index contributed by atoms with van der Waals surface area (Å²) in [5.74, 6) is -0.206. The molecule has 13 nitrogen and oxygen atoms in total. The van der Waals surface area contributed by atoms with E-state index < -0.39 is 26.5 Å². The molecule has 0 saturated carbocycles. The number of phenolic OH excluding ortho intramolecular Hbond substituents is 1. The van der Waals surface area contributed by atoms with E-state index in [0.717, 1.165) is 18.5 Å². The van der Waals surface area contributed by atoms with Gasteiger partial charge in [0.15, 0.2) is 5.75 Å². The summed E-state index contributed by atoms with van der Waals surface area (Å²) >= 11 is 0. The monoisotopic (exact) mass is 622 g/mol. The molecule has 0 fully saturated rings. The molecule has 4 rings (SSSR count). The molecule has 0 heterocycles.